The van der Waals surface area contributed by atoms with Crippen LogP contribution in [-0.2, 0) is 16.4 Å². The monoisotopic (exact) mass is 294 g/mol. The first-order valence-corrected chi connectivity index (χ1v) is 8.41. The van der Waals surface area contributed by atoms with E-state index in [2.05, 4.69) is 24.9 Å². The SMILES string of the molecule is Cc1cc2ncn(CCS(=O)(=O)C(C)(C)C)c2cc1C. The molecule has 0 unspecified atom stereocenters. The molecule has 0 bridgehead atoms. The van der Waals surface area contributed by atoms with Crippen LogP contribution in [0.4, 0.5) is 0 Å². The van der Waals surface area contributed by atoms with Crippen molar-refractivity contribution in [2.75, 3.05) is 5.75 Å². The first kappa shape index (κ1) is 15.0. The molecule has 0 aliphatic heterocycles. The molecule has 110 valence electrons. The van der Waals surface area contributed by atoms with Crippen LogP contribution in [0.25, 0.3) is 11.0 Å². The molecule has 0 fully saturated rings. The predicted octanol–water partition coefficient (Wildman–Crippen LogP) is 2.87. The van der Waals surface area contributed by atoms with Crippen LogP contribution in [0.2, 0.25) is 0 Å². The fourth-order valence-electron chi connectivity index (χ4n) is 2.02. The van der Waals surface area contributed by atoms with Crippen LogP contribution in [0.1, 0.15) is 31.9 Å². The average Bonchev–Trinajstić information content (AvgIpc) is 2.68. The Balaban J connectivity index is 2.30. The number of sulfone groups is 1. The number of imidazole rings is 1. The van der Waals surface area contributed by atoms with Gasteiger partial charge in [0.2, 0.25) is 0 Å². The molecule has 0 atom stereocenters. The van der Waals surface area contributed by atoms with Crippen molar-refractivity contribution in [1.82, 2.24) is 9.55 Å². The lowest BCUT2D eigenvalue weighted by atomic mass is 10.1. The minimum atomic E-state index is -3.11. The maximum atomic E-state index is 12.2. The molecule has 0 saturated carbocycles. The van der Waals surface area contributed by atoms with E-state index in [4.69, 9.17) is 0 Å². The summed E-state index contributed by atoms with van der Waals surface area (Å²) < 4.78 is 25.6. The van der Waals surface area contributed by atoms with Gasteiger partial charge in [0.05, 0.1) is 27.9 Å². The lowest BCUT2D eigenvalue weighted by molar-refractivity contribution is 0.554. The molecular formula is C15H22N2O2S. The van der Waals surface area contributed by atoms with Gasteiger partial charge >= 0.3 is 0 Å². The third-order valence-electron chi connectivity index (χ3n) is 3.77. The van der Waals surface area contributed by atoms with Gasteiger partial charge in [0.15, 0.2) is 9.84 Å². The summed E-state index contributed by atoms with van der Waals surface area (Å²) in [5, 5.41) is 0. The van der Waals surface area contributed by atoms with Crippen LogP contribution in [0.15, 0.2) is 18.5 Å². The van der Waals surface area contributed by atoms with Gasteiger partial charge in [-0.3, -0.25) is 0 Å². The molecule has 0 radical (unpaired) electrons. The minimum absolute atomic E-state index is 0.134. The zero-order chi connectivity index (χ0) is 15.1. The second kappa shape index (κ2) is 4.88. The first-order chi connectivity index (χ1) is 9.12. The fourth-order valence-corrected chi connectivity index (χ4v) is 3.07. The van der Waals surface area contributed by atoms with Gasteiger partial charge in [-0.1, -0.05) is 0 Å². The van der Waals surface area contributed by atoms with Crippen molar-refractivity contribution in [1.29, 1.82) is 0 Å². The molecule has 0 aliphatic rings. The highest BCUT2D eigenvalue weighted by molar-refractivity contribution is 7.92. The van der Waals surface area contributed by atoms with Crippen molar-refractivity contribution in [3.8, 4) is 0 Å². The number of hydrogen-bond donors (Lipinski definition) is 0. The van der Waals surface area contributed by atoms with Gasteiger partial charge in [0, 0.05) is 6.54 Å². The van der Waals surface area contributed by atoms with Crippen LogP contribution in [0.3, 0.4) is 0 Å². The van der Waals surface area contributed by atoms with E-state index in [0.29, 0.717) is 6.54 Å². The molecular weight excluding hydrogens is 272 g/mol. The van der Waals surface area contributed by atoms with Crippen LogP contribution in [0, 0.1) is 13.8 Å². The van der Waals surface area contributed by atoms with Crippen molar-refractivity contribution in [3.05, 3.63) is 29.6 Å². The normalized spacial score (nSPS) is 13.1. The van der Waals surface area contributed by atoms with E-state index in [-0.39, 0.29) is 5.75 Å². The number of rotatable bonds is 3. The summed E-state index contributed by atoms with van der Waals surface area (Å²) in [5.74, 6) is 0.134. The van der Waals surface area contributed by atoms with E-state index >= 15 is 0 Å². The van der Waals surface area contributed by atoms with E-state index < -0.39 is 14.6 Å². The Bertz CT molecular complexity index is 737. The predicted molar refractivity (Wildman–Crippen MR) is 82.7 cm³/mol. The molecule has 2 aromatic rings. The summed E-state index contributed by atoms with van der Waals surface area (Å²) in [5.41, 5.74) is 4.31. The lowest BCUT2D eigenvalue weighted by Gasteiger charge is -2.19. The third kappa shape index (κ3) is 2.73. The quantitative estimate of drug-likeness (QED) is 0.874. The average molecular weight is 294 g/mol. The summed E-state index contributed by atoms with van der Waals surface area (Å²) in [7, 11) is -3.11. The maximum absolute atomic E-state index is 12.2. The van der Waals surface area contributed by atoms with E-state index in [1.807, 2.05) is 10.6 Å². The van der Waals surface area contributed by atoms with E-state index in [1.165, 1.54) is 11.1 Å². The number of aryl methyl sites for hydroxylation is 3. The Kier molecular flexibility index (Phi) is 3.67. The molecule has 0 saturated heterocycles. The summed E-state index contributed by atoms with van der Waals surface area (Å²) in [6.07, 6.45) is 1.72. The molecule has 5 heteroatoms. The summed E-state index contributed by atoms with van der Waals surface area (Å²) in [6, 6.07) is 4.11. The molecule has 0 spiro atoms. The van der Waals surface area contributed by atoms with Gasteiger partial charge in [-0.05, 0) is 57.9 Å². The fraction of sp³-hybridized carbons (Fsp3) is 0.533. The van der Waals surface area contributed by atoms with Gasteiger partial charge in [-0.2, -0.15) is 0 Å². The van der Waals surface area contributed by atoms with Gasteiger partial charge in [0.1, 0.15) is 0 Å². The lowest BCUT2D eigenvalue weighted by Crippen LogP contribution is -2.31. The van der Waals surface area contributed by atoms with Crippen LogP contribution in [-0.4, -0.2) is 28.5 Å². The van der Waals surface area contributed by atoms with Gasteiger partial charge in [0.25, 0.3) is 0 Å². The topological polar surface area (TPSA) is 52.0 Å². The van der Waals surface area contributed by atoms with Crippen molar-refractivity contribution in [2.45, 2.75) is 45.9 Å². The summed E-state index contributed by atoms with van der Waals surface area (Å²) >= 11 is 0. The number of fused-ring (bicyclic) bond motifs is 1. The van der Waals surface area contributed by atoms with Crippen LogP contribution in [0.5, 0.6) is 0 Å². The molecule has 1 aromatic carbocycles. The molecule has 20 heavy (non-hydrogen) atoms. The Hall–Kier alpha value is -1.36. The Morgan fingerprint density at radius 2 is 1.75 bits per heavy atom. The van der Waals surface area contributed by atoms with E-state index in [1.54, 1.807) is 27.1 Å². The number of benzene rings is 1. The minimum Gasteiger partial charge on any atom is -0.330 e. The maximum Gasteiger partial charge on any atom is 0.156 e. The van der Waals surface area contributed by atoms with E-state index in [9.17, 15) is 8.42 Å². The second-order valence-electron chi connectivity index (χ2n) is 6.29. The number of aromatic nitrogens is 2. The second-order valence-corrected chi connectivity index (χ2v) is 9.16. The van der Waals surface area contributed by atoms with Crippen molar-refractivity contribution >= 4 is 20.9 Å². The zero-order valence-electron chi connectivity index (χ0n) is 12.8. The third-order valence-corrected chi connectivity index (χ3v) is 6.36. The van der Waals surface area contributed by atoms with E-state index in [0.717, 1.165) is 11.0 Å². The van der Waals surface area contributed by atoms with Crippen LogP contribution >= 0.6 is 0 Å². The largest absolute Gasteiger partial charge is 0.330 e. The first-order valence-electron chi connectivity index (χ1n) is 6.76. The highest BCUT2D eigenvalue weighted by Gasteiger charge is 2.28. The summed E-state index contributed by atoms with van der Waals surface area (Å²) in [4.78, 5) is 4.35. The molecule has 1 heterocycles. The molecule has 2 rings (SSSR count). The molecule has 1 aromatic heterocycles. The zero-order valence-corrected chi connectivity index (χ0v) is 13.6. The molecule has 0 amide bonds. The van der Waals surface area contributed by atoms with Crippen molar-refractivity contribution in [2.24, 2.45) is 0 Å². The Labute approximate surface area is 120 Å². The molecule has 0 aliphatic carbocycles. The van der Waals surface area contributed by atoms with Crippen LogP contribution < -0.4 is 0 Å². The van der Waals surface area contributed by atoms with Gasteiger partial charge in [-0.15, -0.1) is 0 Å². The van der Waals surface area contributed by atoms with Crippen molar-refractivity contribution in [3.63, 3.8) is 0 Å². The molecule has 4 nitrogen and oxygen atoms in total. The Morgan fingerprint density at radius 3 is 2.35 bits per heavy atom. The highest BCUT2D eigenvalue weighted by atomic mass is 32.2. The molecule has 0 N–H and O–H groups in total. The van der Waals surface area contributed by atoms with Crippen molar-refractivity contribution < 1.29 is 8.42 Å². The Morgan fingerprint density at radius 1 is 1.15 bits per heavy atom. The smallest absolute Gasteiger partial charge is 0.156 e. The van der Waals surface area contributed by atoms with Gasteiger partial charge < -0.3 is 4.57 Å². The standard InChI is InChI=1S/C15H22N2O2S/c1-11-8-13-14(9-12(11)2)17(10-16-13)6-7-20(18,19)15(3,4)5/h8-10H,6-7H2,1-5H3. The van der Waals surface area contributed by atoms with Gasteiger partial charge in [-0.25, -0.2) is 13.4 Å². The number of hydrogen-bond acceptors (Lipinski definition) is 3. The highest BCUT2D eigenvalue weighted by Crippen LogP contribution is 2.20. The number of nitrogens with zero attached hydrogens (tertiary/aromatic N) is 2. The summed E-state index contributed by atoms with van der Waals surface area (Å²) in [6.45, 7) is 9.76.